The minimum Gasteiger partial charge on any atom is -0.316 e. The van der Waals surface area contributed by atoms with Crippen LogP contribution in [0, 0.1) is 18.3 Å². The van der Waals surface area contributed by atoms with Crippen molar-refractivity contribution in [2.24, 2.45) is 11.3 Å². The Labute approximate surface area is 103 Å². The first-order chi connectivity index (χ1) is 7.43. The molecule has 0 aliphatic rings. The normalized spacial score (nSPS) is 12.4. The molecule has 16 heavy (non-hydrogen) atoms. The minimum absolute atomic E-state index is 0.378. The van der Waals surface area contributed by atoms with Crippen molar-refractivity contribution in [3.05, 3.63) is 16.1 Å². The van der Waals surface area contributed by atoms with E-state index in [-0.39, 0.29) is 0 Å². The Morgan fingerprint density at radius 3 is 2.62 bits per heavy atom. The highest BCUT2D eigenvalue weighted by atomic mass is 32.1. The van der Waals surface area contributed by atoms with Crippen molar-refractivity contribution in [2.45, 2.75) is 41.0 Å². The van der Waals surface area contributed by atoms with Crippen molar-refractivity contribution in [3.63, 3.8) is 0 Å². The quantitative estimate of drug-likeness (QED) is 0.772. The van der Waals surface area contributed by atoms with E-state index in [9.17, 15) is 0 Å². The third-order valence-electron chi connectivity index (χ3n) is 3.52. The van der Waals surface area contributed by atoms with E-state index < -0.39 is 0 Å². The zero-order valence-corrected chi connectivity index (χ0v) is 11.9. The van der Waals surface area contributed by atoms with Crippen LogP contribution in [0.4, 0.5) is 0 Å². The van der Waals surface area contributed by atoms with Crippen LogP contribution in [-0.2, 0) is 6.42 Å². The van der Waals surface area contributed by atoms with Crippen molar-refractivity contribution in [2.75, 3.05) is 13.1 Å². The largest absolute Gasteiger partial charge is 0.316 e. The van der Waals surface area contributed by atoms with E-state index in [1.54, 1.807) is 11.3 Å². The van der Waals surface area contributed by atoms with Gasteiger partial charge in [-0.15, -0.1) is 11.3 Å². The Morgan fingerprint density at radius 1 is 1.44 bits per heavy atom. The first kappa shape index (κ1) is 13.7. The molecule has 0 bridgehead atoms. The summed E-state index contributed by atoms with van der Waals surface area (Å²) in [6.07, 6.45) is 1.10. The lowest BCUT2D eigenvalue weighted by Gasteiger charge is -2.29. The van der Waals surface area contributed by atoms with Gasteiger partial charge in [0.1, 0.15) is 0 Å². The summed E-state index contributed by atoms with van der Waals surface area (Å²) in [6.45, 7) is 13.4. The number of hydrogen-bond donors (Lipinski definition) is 1. The fraction of sp³-hybridized carbons (Fsp3) is 0.769. The molecule has 0 amide bonds. The highest BCUT2D eigenvalue weighted by Gasteiger charge is 2.21. The molecule has 0 spiro atoms. The van der Waals surface area contributed by atoms with Gasteiger partial charge in [-0.2, -0.15) is 0 Å². The van der Waals surface area contributed by atoms with Gasteiger partial charge in [0.25, 0.3) is 0 Å². The first-order valence-electron chi connectivity index (χ1n) is 6.03. The molecule has 1 aromatic heterocycles. The molecule has 92 valence electrons. The maximum absolute atomic E-state index is 4.26. The third kappa shape index (κ3) is 3.87. The number of nitrogens with zero attached hydrogens (tertiary/aromatic N) is 1. The molecule has 0 radical (unpaired) electrons. The number of hydrogen-bond acceptors (Lipinski definition) is 3. The average molecular weight is 240 g/mol. The van der Waals surface area contributed by atoms with Gasteiger partial charge in [-0.3, -0.25) is 0 Å². The summed E-state index contributed by atoms with van der Waals surface area (Å²) in [6, 6.07) is 0. The van der Waals surface area contributed by atoms with Crippen LogP contribution >= 0.6 is 11.3 Å². The molecule has 0 aliphatic heterocycles. The molecule has 1 N–H and O–H groups in total. The fourth-order valence-electron chi connectivity index (χ4n) is 1.38. The van der Waals surface area contributed by atoms with Gasteiger partial charge in [-0.25, -0.2) is 4.98 Å². The monoisotopic (exact) mass is 240 g/mol. The highest BCUT2D eigenvalue weighted by Crippen LogP contribution is 2.24. The standard InChI is InChI=1S/C13H24N2S/c1-10(2)13(4,5)8-14-7-6-12-11(3)15-9-16-12/h9-10,14H,6-8H2,1-5H3. The maximum atomic E-state index is 4.26. The fourth-order valence-corrected chi connectivity index (χ4v) is 2.16. The van der Waals surface area contributed by atoms with Gasteiger partial charge in [0, 0.05) is 18.0 Å². The zero-order valence-electron chi connectivity index (χ0n) is 11.1. The van der Waals surface area contributed by atoms with E-state index >= 15 is 0 Å². The highest BCUT2D eigenvalue weighted by molar-refractivity contribution is 7.09. The van der Waals surface area contributed by atoms with Gasteiger partial charge < -0.3 is 5.32 Å². The second kappa shape index (κ2) is 5.78. The summed E-state index contributed by atoms with van der Waals surface area (Å²) >= 11 is 1.76. The number of thiazole rings is 1. The van der Waals surface area contributed by atoms with Crippen LogP contribution in [0.25, 0.3) is 0 Å². The van der Waals surface area contributed by atoms with Crippen molar-refractivity contribution in [1.82, 2.24) is 10.3 Å². The summed E-state index contributed by atoms with van der Waals surface area (Å²) in [5.74, 6) is 0.713. The molecule has 0 saturated carbocycles. The second-order valence-corrected chi connectivity index (χ2v) is 6.37. The van der Waals surface area contributed by atoms with Gasteiger partial charge in [0.2, 0.25) is 0 Å². The number of rotatable bonds is 6. The predicted molar refractivity (Wildman–Crippen MR) is 72.0 cm³/mol. The molecular formula is C13H24N2S. The van der Waals surface area contributed by atoms with Crippen molar-refractivity contribution in [3.8, 4) is 0 Å². The zero-order chi connectivity index (χ0) is 12.2. The van der Waals surface area contributed by atoms with Gasteiger partial charge in [-0.1, -0.05) is 27.7 Å². The average Bonchev–Trinajstić information content (AvgIpc) is 2.59. The molecule has 3 heteroatoms. The molecule has 0 saturated heterocycles. The lowest BCUT2D eigenvalue weighted by molar-refractivity contribution is 0.239. The lowest BCUT2D eigenvalue weighted by Crippen LogP contribution is -2.34. The van der Waals surface area contributed by atoms with Crippen molar-refractivity contribution >= 4 is 11.3 Å². The number of aromatic nitrogens is 1. The Bertz CT molecular complexity index is 315. The summed E-state index contributed by atoms with van der Waals surface area (Å²) in [7, 11) is 0. The van der Waals surface area contributed by atoms with E-state index in [0.717, 1.165) is 19.5 Å². The molecule has 2 nitrogen and oxygen atoms in total. The minimum atomic E-state index is 0.378. The Kier molecular flexibility index (Phi) is 4.93. The molecule has 0 atom stereocenters. The maximum Gasteiger partial charge on any atom is 0.0797 e. The molecule has 0 unspecified atom stereocenters. The van der Waals surface area contributed by atoms with E-state index in [0.29, 0.717) is 11.3 Å². The van der Waals surface area contributed by atoms with Crippen LogP contribution in [0.3, 0.4) is 0 Å². The molecule has 1 heterocycles. The number of nitrogens with one attached hydrogen (secondary N) is 1. The van der Waals surface area contributed by atoms with Crippen LogP contribution in [-0.4, -0.2) is 18.1 Å². The SMILES string of the molecule is Cc1ncsc1CCNCC(C)(C)C(C)C. The van der Waals surface area contributed by atoms with Crippen LogP contribution in [0.1, 0.15) is 38.3 Å². The van der Waals surface area contributed by atoms with E-state index in [1.165, 1.54) is 10.6 Å². The Morgan fingerprint density at radius 2 is 2.12 bits per heavy atom. The van der Waals surface area contributed by atoms with Crippen LogP contribution in [0.15, 0.2) is 5.51 Å². The van der Waals surface area contributed by atoms with Gasteiger partial charge in [-0.05, 0) is 24.7 Å². The first-order valence-corrected chi connectivity index (χ1v) is 6.91. The van der Waals surface area contributed by atoms with Gasteiger partial charge >= 0.3 is 0 Å². The van der Waals surface area contributed by atoms with Crippen molar-refractivity contribution in [1.29, 1.82) is 0 Å². The molecule has 1 rings (SSSR count). The lowest BCUT2D eigenvalue weighted by atomic mass is 9.81. The summed E-state index contributed by atoms with van der Waals surface area (Å²) in [5, 5.41) is 3.55. The number of aryl methyl sites for hydroxylation is 1. The van der Waals surface area contributed by atoms with E-state index in [1.807, 2.05) is 5.51 Å². The van der Waals surface area contributed by atoms with Crippen LogP contribution < -0.4 is 5.32 Å². The van der Waals surface area contributed by atoms with Crippen LogP contribution in [0.2, 0.25) is 0 Å². The Hall–Kier alpha value is -0.410. The molecule has 0 aromatic carbocycles. The molecular weight excluding hydrogens is 216 g/mol. The summed E-state index contributed by atoms with van der Waals surface area (Å²) in [5.41, 5.74) is 3.50. The topological polar surface area (TPSA) is 24.9 Å². The summed E-state index contributed by atoms with van der Waals surface area (Å²) in [4.78, 5) is 5.67. The van der Waals surface area contributed by atoms with Crippen molar-refractivity contribution < 1.29 is 0 Å². The predicted octanol–water partition coefficient (Wildman–Crippen LogP) is 3.27. The van der Waals surface area contributed by atoms with Gasteiger partial charge in [0.15, 0.2) is 0 Å². The third-order valence-corrected chi connectivity index (χ3v) is 4.51. The van der Waals surface area contributed by atoms with E-state index in [4.69, 9.17) is 0 Å². The summed E-state index contributed by atoms with van der Waals surface area (Å²) < 4.78 is 0. The van der Waals surface area contributed by atoms with Gasteiger partial charge in [0.05, 0.1) is 11.2 Å². The molecule has 1 aromatic rings. The second-order valence-electron chi connectivity index (χ2n) is 5.43. The smallest absolute Gasteiger partial charge is 0.0797 e. The molecule has 0 fully saturated rings. The Balaban J connectivity index is 2.25. The van der Waals surface area contributed by atoms with Crippen LogP contribution in [0.5, 0.6) is 0 Å². The van der Waals surface area contributed by atoms with E-state index in [2.05, 4.69) is 44.9 Å². The molecule has 0 aliphatic carbocycles.